The molecule has 0 amide bonds. The number of nitrogens with zero attached hydrogens (tertiary/aromatic N) is 4. The second-order valence-corrected chi connectivity index (χ2v) is 5.88. The Labute approximate surface area is 157 Å². The van der Waals surface area contributed by atoms with Gasteiger partial charge in [-0.1, -0.05) is 29.3 Å². The molecule has 0 aliphatic heterocycles. The number of alkyl halides is 3. The Balaban J connectivity index is 1.73. The Kier molecular flexibility index (Phi) is 5.41. The lowest BCUT2D eigenvalue weighted by atomic mass is 10.2. The van der Waals surface area contributed by atoms with Crippen LogP contribution in [0.2, 0.25) is 5.15 Å². The van der Waals surface area contributed by atoms with Crippen LogP contribution in [0.1, 0.15) is 16.7 Å². The molecule has 2 heterocycles. The van der Waals surface area contributed by atoms with E-state index < -0.39 is 16.9 Å². The van der Waals surface area contributed by atoms with Crippen LogP contribution in [0.5, 0.6) is 11.6 Å². The Morgan fingerprint density at radius 1 is 1.11 bits per heavy atom. The summed E-state index contributed by atoms with van der Waals surface area (Å²) in [7, 11) is 0. The first-order chi connectivity index (χ1) is 12.8. The minimum atomic E-state index is -4.61. The predicted octanol–water partition coefficient (Wildman–Crippen LogP) is 4.65. The van der Waals surface area contributed by atoms with Crippen molar-refractivity contribution in [1.82, 2.24) is 19.9 Å². The number of anilines is 1. The zero-order chi connectivity index (χ0) is 19.4. The molecule has 1 N–H and O–H groups in total. The fourth-order valence-electron chi connectivity index (χ4n) is 2.09. The third-order valence-electron chi connectivity index (χ3n) is 3.47. The molecule has 140 valence electrons. The van der Waals surface area contributed by atoms with E-state index in [4.69, 9.17) is 16.3 Å². The monoisotopic (exact) mass is 395 g/mol. The van der Waals surface area contributed by atoms with Crippen molar-refractivity contribution in [3.05, 3.63) is 64.8 Å². The summed E-state index contributed by atoms with van der Waals surface area (Å²) < 4.78 is 43.8. The molecule has 10 heteroatoms. The lowest BCUT2D eigenvalue weighted by molar-refractivity contribution is -0.137. The molecule has 27 heavy (non-hydrogen) atoms. The van der Waals surface area contributed by atoms with Gasteiger partial charge in [-0.15, -0.1) is 0 Å². The average molecular weight is 396 g/mol. The normalized spacial score (nSPS) is 11.3. The van der Waals surface area contributed by atoms with Crippen LogP contribution in [0.4, 0.5) is 19.1 Å². The molecule has 0 saturated carbocycles. The topological polar surface area (TPSA) is 72.8 Å². The van der Waals surface area contributed by atoms with E-state index in [9.17, 15) is 13.2 Å². The fraction of sp³-hybridized carbons (Fsp3) is 0.176. The Bertz CT molecular complexity index is 935. The molecule has 0 bridgehead atoms. The van der Waals surface area contributed by atoms with Crippen molar-refractivity contribution in [3.63, 3.8) is 0 Å². The van der Waals surface area contributed by atoms with Gasteiger partial charge in [0.25, 0.3) is 0 Å². The van der Waals surface area contributed by atoms with Crippen molar-refractivity contribution in [1.29, 1.82) is 0 Å². The molecule has 0 fully saturated rings. The molecule has 2 aromatic heterocycles. The molecule has 0 aliphatic carbocycles. The summed E-state index contributed by atoms with van der Waals surface area (Å²) in [6, 6.07) is 7.39. The number of aryl methyl sites for hydroxylation is 1. The van der Waals surface area contributed by atoms with Gasteiger partial charge in [0.15, 0.2) is 0 Å². The number of benzene rings is 1. The Morgan fingerprint density at radius 3 is 2.52 bits per heavy atom. The summed E-state index contributed by atoms with van der Waals surface area (Å²) in [6.07, 6.45) is -1.13. The van der Waals surface area contributed by atoms with Crippen LogP contribution in [0.25, 0.3) is 0 Å². The molecule has 0 spiro atoms. The molecule has 0 radical (unpaired) electrons. The van der Waals surface area contributed by atoms with Crippen LogP contribution in [0.3, 0.4) is 0 Å². The van der Waals surface area contributed by atoms with Crippen LogP contribution >= 0.6 is 11.6 Å². The van der Waals surface area contributed by atoms with Gasteiger partial charge >= 0.3 is 6.18 Å². The summed E-state index contributed by atoms with van der Waals surface area (Å²) in [5.74, 6) is 0.840. The minimum Gasteiger partial charge on any atom is -0.439 e. The molecule has 3 rings (SSSR count). The molecule has 0 atom stereocenters. The Hall–Kier alpha value is -2.94. The van der Waals surface area contributed by atoms with Crippen LogP contribution < -0.4 is 10.1 Å². The van der Waals surface area contributed by atoms with Gasteiger partial charge in [-0.05, 0) is 19.1 Å². The lowest BCUT2D eigenvalue weighted by Gasteiger charge is -2.12. The van der Waals surface area contributed by atoms with Crippen molar-refractivity contribution < 1.29 is 17.9 Å². The second-order valence-electron chi connectivity index (χ2n) is 5.52. The smallest absolute Gasteiger partial charge is 0.420 e. The summed E-state index contributed by atoms with van der Waals surface area (Å²) in [6.45, 7) is 2.09. The highest BCUT2D eigenvalue weighted by Gasteiger charge is 2.34. The van der Waals surface area contributed by atoms with Crippen molar-refractivity contribution in [2.45, 2.75) is 19.6 Å². The van der Waals surface area contributed by atoms with E-state index in [1.807, 2.05) is 19.1 Å². The first kappa shape index (κ1) is 18.8. The number of aromatic nitrogens is 4. The average Bonchev–Trinajstić information content (AvgIpc) is 2.62. The lowest BCUT2D eigenvalue weighted by Crippen LogP contribution is -2.11. The Morgan fingerprint density at radius 2 is 1.85 bits per heavy atom. The number of nitrogens with one attached hydrogen (secondary N) is 1. The molecule has 1 aromatic carbocycles. The van der Waals surface area contributed by atoms with Crippen LogP contribution in [-0.4, -0.2) is 19.9 Å². The SMILES string of the molecule is Cc1ccc(Oc2ncncc2CNc2ncc(C(F)(F)F)c(Cl)n2)cc1. The fourth-order valence-corrected chi connectivity index (χ4v) is 2.32. The van der Waals surface area contributed by atoms with Gasteiger partial charge in [-0.2, -0.15) is 13.2 Å². The summed E-state index contributed by atoms with van der Waals surface area (Å²) in [5, 5.41) is 2.10. The summed E-state index contributed by atoms with van der Waals surface area (Å²) in [4.78, 5) is 15.3. The minimum absolute atomic E-state index is 0.0573. The van der Waals surface area contributed by atoms with E-state index in [-0.39, 0.29) is 12.5 Å². The van der Waals surface area contributed by atoms with E-state index in [0.29, 0.717) is 23.4 Å². The van der Waals surface area contributed by atoms with E-state index in [0.717, 1.165) is 5.56 Å². The van der Waals surface area contributed by atoms with E-state index in [2.05, 4.69) is 25.3 Å². The molecule has 6 nitrogen and oxygen atoms in total. The van der Waals surface area contributed by atoms with Gasteiger partial charge in [-0.3, -0.25) is 0 Å². The maximum atomic E-state index is 12.7. The van der Waals surface area contributed by atoms with Crippen LogP contribution in [0, 0.1) is 6.92 Å². The van der Waals surface area contributed by atoms with E-state index >= 15 is 0 Å². The highest BCUT2D eigenvalue weighted by atomic mass is 35.5. The van der Waals surface area contributed by atoms with Crippen molar-refractivity contribution in [3.8, 4) is 11.6 Å². The standard InChI is InChI=1S/C17H13ClF3N5O/c1-10-2-4-12(5-3-10)27-15-11(6-22-9-25-15)7-23-16-24-8-13(14(18)26-16)17(19,20)21/h2-6,8-9H,7H2,1H3,(H,23,24,26). The second kappa shape index (κ2) is 7.75. The number of halogens is 4. The van der Waals surface area contributed by atoms with Gasteiger partial charge in [-0.25, -0.2) is 19.9 Å². The highest BCUT2D eigenvalue weighted by Crippen LogP contribution is 2.33. The van der Waals surface area contributed by atoms with Crippen LogP contribution in [0.15, 0.2) is 43.0 Å². The maximum absolute atomic E-state index is 12.7. The van der Waals surface area contributed by atoms with Crippen molar-refractivity contribution in [2.75, 3.05) is 5.32 Å². The quantitative estimate of drug-likeness (QED) is 0.634. The zero-order valence-corrected chi connectivity index (χ0v) is 14.7. The molecule has 3 aromatic rings. The van der Waals surface area contributed by atoms with Gasteiger partial charge in [0.1, 0.15) is 22.8 Å². The summed E-state index contributed by atoms with van der Waals surface area (Å²) in [5.41, 5.74) is 0.558. The van der Waals surface area contributed by atoms with E-state index in [1.165, 1.54) is 12.5 Å². The predicted molar refractivity (Wildman–Crippen MR) is 92.7 cm³/mol. The number of hydrogen-bond acceptors (Lipinski definition) is 6. The molecular weight excluding hydrogens is 383 g/mol. The van der Waals surface area contributed by atoms with Gasteiger partial charge in [0, 0.05) is 18.9 Å². The number of hydrogen-bond donors (Lipinski definition) is 1. The third-order valence-corrected chi connectivity index (χ3v) is 3.75. The highest BCUT2D eigenvalue weighted by molar-refractivity contribution is 6.30. The van der Waals surface area contributed by atoms with Crippen molar-refractivity contribution >= 4 is 17.5 Å². The number of ether oxygens (including phenoxy) is 1. The van der Waals surface area contributed by atoms with Gasteiger partial charge < -0.3 is 10.1 Å². The molecule has 0 aliphatic rings. The zero-order valence-electron chi connectivity index (χ0n) is 14.0. The van der Waals surface area contributed by atoms with Gasteiger partial charge in [0.05, 0.1) is 5.56 Å². The first-order valence-corrected chi connectivity index (χ1v) is 8.08. The number of rotatable bonds is 5. The molecule has 0 unspecified atom stereocenters. The van der Waals surface area contributed by atoms with Gasteiger partial charge in [0.2, 0.25) is 11.8 Å². The van der Waals surface area contributed by atoms with E-state index in [1.54, 1.807) is 12.1 Å². The van der Waals surface area contributed by atoms with Crippen LogP contribution in [-0.2, 0) is 12.7 Å². The molecule has 0 saturated heterocycles. The van der Waals surface area contributed by atoms with Crippen molar-refractivity contribution in [2.24, 2.45) is 0 Å². The molecular formula is C17H13ClF3N5O. The summed E-state index contributed by atoms with van der Waals surface area (Å²) >= 11 is 5.59. The first-order valence-electron chi connectivity index (χ1n) is 7.70. The third kappa shape index (κ3) is 4.82. The largest absolute Gasteiger partial charge is 0.439 e. The maximum Gasteiger partial charge on any atom is 0.420 e.